The van der Waals surface area contributed by atoms with Gasteiger partial charge in [-0.25, -0.2) is 9.78 Å². The van der Waals surface area contributed by atoms with Crippen LogP contribution in [-0.2, 0) is 20.0 Å². The minimum Gasteiger partial charge on any atom is -0.494 e. The SMILES string of the molecule is Cc1cc(OCCCc2c3n(c4c(-c5c(C)nn(C)c5C)c(Cl)ccc24)CCCN(c2nc(C(=O)O)cs2)C3=O)cc(C)c1Cl. The highest BCUT2D eigenvalue weighted by atomic mass is 35.5. The molecule has 0 radical (unpaired) electrons. The minimum atomic E-state index is -1.12. The fourth-order valence-electron chi connectivity index (χ4n) is 6.30. The van der Waals surface area contributed by atoms with E-state index in [-0.39, 0.29) is 11.6 Å². The summed E-state index contributed by atoms with van der Waals surface area (Å²) in [6.45, 7) is 9.34. The number of halogens is 2. The Hall–Kier alpha value is -3.86. The fraction of sp³-hybridized carbons (Fsp3) is 0.333. The summed E-state index contributed by atoms with van der Waals surface area (Å²) in [6.07, 6.45) is 1.89. The zero-order valence-electron chi connectivity index (χ0n) is 25.7. The van der Waals surface area contributed by atoms with Crippen LogP contribution in [0.1, 0.15) is 61.9 Å². The van der Waals surface area contributed by atoms with Crippen LogP contribution >= 0.6 is 34.5 Å². The number of nitrogens with zero attached hydrogens (tertiary/aromatic N) is 5. The third-order valence-corrected chi connectivity index (χ3v) is 10.2. The number of thiazole rings is 1. The molecule has 234 valence electrons. The van der Waals surface area contributed by atoms with Crippen LogP contribution < -0.4 is 9.64 Å². The van der Waals surface area contributed by atoms with Gasteiger partial charge in [-0.3, -0.25) is 14.4 Å². The molecule has 0 saturated heterocycles. The second kappa shape index (κ2) is 12.2. The molecular formula is C33H33Cl2N5O4S. The van der Waals surface area contributed by atoms with E-state index >= 15 is 0 Å². The monoisotopic (exact) mass is 665 g/mol. The van der Waals surface area contributed by atoms with Gasteiger partial charge in [-0.15, -0.1) is 11.3 Å². The minimum absolute atomic E-state index is 0.0748. The van der Waals surface area contributed by atoms with Gasteiger partial charge in [0.25, 0.3) is 5.91 Å². The van der Waals surface area contributed by atoms with Crippen molar-refractivity contribution in [2.75, 3.05) is 18.1 Å². The summed E-state index contributed by atoms with van der Waals surface area (Å²) in [5, 5.41) is 18.2. The number of anilines is 1. The molecule has 4 heterocycles. The van der Waals surface area contributed by atoms with Crippen molar-refractivity contribution >= 4 is 62.4 Å². The summed E-state index contributed by atoms with van der Waals surface area (Å²) in [5.74, 6) is -0.578. The Bertz CT molecular complexity index is 1970. The smallest absolute Gasteiger partial charge is 0.355 e. The first-order chi connectivity index (χ1) is 21.5. The van der Waals surface area contributed by atoms with Gasteiger partial charge in [0.2, 0.25) is 0 Å². The number of amides is 1. The van der Waals surface area contributed by atoms with Crippen molar-refractivity contribution in [1.29, 1.82) is 0 Å². The van der Waals surface area contributed by atoms with Crippen LogP contribution in [0.15, 0.2) is 29.6 Å². The van der Waals surface area contributed by atoms with Gasteiger partial charge in [0.05, 0.1) is 22.8 Å². The Morgan fingerprint density at radius 3 is 2.47 bits per heavy atom. The lowest BCUT2D eigenvalue weighted by Gasteiger charge is -2.18. The van der Waals surface area contributed by atoms with Gasteiger partial charge in [-0.1, -0.05) is 29.3 Å². The molecule has 0 aliphatic carbocycles. The van der Waals surface area contributed by atoms with Gasteiger partial charge in [-0.2, -0.15) is 5.10 Å². The molecule has 6 rings (SSSR count). The third kappa shape index (κ3) is 5.49. The van der Waals surface area contributed by atoms with E-state index in [2.05, 4.69) is 14.6 Å². The normalized spacial score (nSPS) is 13.4. The van der Waals surface area contributed by atoms with Crippen molar-refractivity contribution in [3.63, 3.8) is 0 Å². The van der Waals surface area contributed by atoms with Crippen molar-refractivity contribution in [3.05, 3.63) is 79.2 Å². The maximum absolute atomic E-state index is 14.5. The maximum Gasteiger partial charge on any atom is 0.355 e. The molecule has 1 N–H and O–H groups in total. The first-order valence-corrected chi connectivity index (χ1v) is 16.4. The fourth-order valence-corrected chi connectivity index (χ4v) is 7.48. The number of rotatable bonds is 8. The summed E-state index contributed by atoms with van der Waals surface area (Å²) < 4.78 is 10.1. The van der Waals surface area contributed by atoms with E-state index in [4.69, 9.17) is 27.9 Å². The molecule has 2 aromatic carbocycles. The van der Waals surface area contributed by atoms with Crippen molar-refractivity contribution in [1.82, 2.24) is 19.3 Å². The molecule has 0 atom stereocenters. The predicted molar refractivity (Wildman–Crippen MR) is 179 cm³/mol. The number of aromatic carboxylic acids is 1. The molecule has 1 amide bonds. The topological polar surface area (TPSA) is 102 Å². The van der Waals surface area contributed by atoms with Crippen LogP contribution in [0.4, 0.5) is 5.13 Å². The molecule has 1 aliphatic heterocycles. The number of benzene rings is 2. The highest BCUT2D eigenvalue weighted by molar-refractivity contribution is 7.14. The van der Waals surface area contributed by atoms with E-state index in [9.17, 15) is 14.7 Å². The van der Waals surface area contributed by atoms with Gasteiger partial charge >= 0.3 is 5.97 Å². The quantitative estimate of drug-likeness (QED) is 0.170. The van der Waals surface area contributed by atoms with Crippen LogP contribution in [0.25, 0.3) is 22.0 Å². The van der Waals surface area contributed by atoms with E-state index in [1.807, 2.05) is 63.7 Å². The number of carboxylic acid groups (broad SMARTS) is 1. The molecule has 5 aromatic rings. The van der Waals surface area contributed by atoms with E-state index in [0.29, 0.717) is 54.8 Å². The number of carbonyl (C=O) groups excluding carboxylic acids is 1. The van der Waals surface area contributed by atoms with E-state index < -0.39 is 5.97 Å². The second-order valence-electron chi connectivity index (χ2n) is 11.4. The molecule has 0 fully saturated rings. The van der Waals surface area contributed by atoms with Gasteiger partial charge in [-0.05, 0) is 81.8 Å². The predicted octanol–water partition coefficient (Wildman–Crippen LogP) is 7.80. The number of aromatic nitrogens is 4. The Balaban J connectivity index is 1.46. The maximum atomic E-state index is 14.5. The Morgan fingerprint density at radius 1 is 1.09 bits per heavy atom. The number of fused-ring (bicyclic) bond motifs is 3. The summed E-state index contributed by atoms with van der Waals surface area (Å²) >= 11 is 14.5. The van der Waals surface area contributed by atoms with Crippen molar-refractivity contribution in [2.45, 2.75) is 53.5 Å². The highest BCUT2D eigenvalue weighted by Crippen LogP contribution is 2.43. The van der Waals surface area contributed by atoms with E-state index in [1.165, 1.54) is 5.38 Å². The van der Waals surface area contributed by atoms with Gasteiger partial charge in [0.1, 0.15) is 11.4 Å². The number of carboxylic acids is 1. The molecule has 1 aliphatic rings. The summed E-state index contributed by atoms with van der Waals surface area (Å²) in [4.78, 5) is 31.9. The first-order valence-electron chi connectivity index (χ1n) is 14.7. The van der Waals surface area contributed by atoms with Crippen molar-refractivity contribution in [2.24, 2.45) is 7.05 Å². The highest BCUT2D eigenvalue weighted by Gasteiger charge is 2.33. The Labute approximate surface area is 275 Å². The Morgan fingerprint density at radius 2 is 1.82 bits per heavy atom. The van der Waals surface area contributed by atoms with Gasteiger partial charge in [0.15, 0.2) is 10.8 Å². The first kappa shape index (κ1) is 31.1. The van der Waals surface area contributed by atoms with Crippen molar-refractivity contribution in [3.8, 4) is 16.9 Å². The average molecular weight is 667 g/mol. The lowest BCUT2D eigenvalue weighted by atomic mass is 9.98. The molecule has 3 aromatic heterocycles. The average Bonchev–Trinajstić information content (AvgIpc) is 3.63. The van der Waals surface area contributed by atoms with Crippen LogP contribution in [0.3, 0.4) is 0 Å². The zero-order chi connectivity index (χ0) is 32.2. The number of carbonyl (C=O) groups is 2. The van der Waals surface area contributed by atoms with Crippen molar-refractivity contribution < 1.29 is 19.4 Å². The van der Waals surface area contributed by atoms with E-state index in [1.54, 1.807) is 4.90 Å². The summed E-state index contributed by atoms with van der Waals surface area (Å²) in [7, 11) is 1.91. The molecule has 9 nitrogen and oxygen atoms in total. The summed E-state index contributed by atoms with van der Waals surface area (Å²) in [5.41, 5.74) is 7.86. The van der Waals surface area contributed by atoms with Crippen LogP contribution in [-0.4, -0.2) is 49.5 Å². The Kier molecular flexibility index (Phi) is 8.41. The molecule has 0 saturated carbocycles. The lowest BCUT2D eigenvalue weighted by Crippen LogP contribution is -2.31. The molecule has 0 unspecified atom stereocenters. The van der Waals surface area contributed by atoms with Gasteiger partial charge in [0, 0.05) is 52.7 Å². The molecular weight excluding hydrogens is 633 g/mol. The summed E-state index contributed by atoms with van der Waals surface area (Å²) in [6, 6.07) is 7.76. The third-order valence-electron chi connectivity index (χ3n) is 8.44. The van der Waals surface area contributed by atoms with Gasteiger partial charge < -0.3 is 14.4 Å². The molecule has 12 heteroatoms. The molecule has 0 spiro atoms. The largest absolute Gasteiger partial charge is 0.494 e. The molecule has 0 bridgehead atoms. The second-order valence-corrected chi connectivity index (χ2v) is 13.0. The zero-order valence-corrected chi connectivity index (χ0v) is 28.0. The van der Waals surface area contributed by atoms with E-state index in [0.717, 1.165) is 72.2 Å². The standard InChI is InChI=1S/C33H33Cl2N5O4S/c1-17-14-21(15-18(2)28(17)35)44-13-6-8-22-23-9-10-24(34)27(26-19(3)37-38(5)20(26)4)29(23)39-11-7-12-40(31(41)30(22)39)33-36-25(16-45-33)32(42)43/h9-10,14-16H,6-8,11-13H2,1-5H3,(H,42,43). The van der Waals surface area contributed by atoms with Crippen LogP contribution in [0.5, 0.6) is 5.75 Å². The number of hydrogen-bond donors (Lipinski definition) is 1. The van der Waals surface area contributed by atoms with Crippen LogP contribution in [0, 0.1) is 27.7 Å². The number of hydrogen-bond acceptors (Lipinski definition) is 6. The lowest BCUT2D eigenvalue weighted by molar-refractivity contribution is 0.0690. The number of aryl methyl sites for hydroxylation is 6. The van der Waals surface area contributed by atoms with Crippen LogP contribution in [0.2, 0.25) is 10.0 Å². The number of ether oxygens (including phenoxy) is 1. The molecule has 45 heavy (non-hydrogen) atoms.